The fourth-order valence-electron chi connectivity index (χ4n) is 2.33. The first-order chi connectivity index (χ1) is 12.4. The number of aromatic nitrogens is 2. The van der Waals surface area contributed by atoms with E-state index < -0.39 is 4.92 Å². The van der Waals surface area contributed by atoms with Gasteiger partial charge in [-0.2, -0.15) is 0 Å². The monoisotopic (exact) mass is 390 g/mol. The van der Waals surface area contributed by atoms with Gasteiger partial charge in [0, 0.05) is 29.1 Å². The predicted molar refractivity (Wildman–Crippen MR) is 101 cm³/mol. The highest BCUT2D eigenvalue weighted by Gasteiger charge is 2.12. The molecule has 0 bridgehead atoms. The zero-order chi connectivity index (χ0) is 18.8. The maximum atomic E-state index is 12.6. The van der Waals surface area contributed by atoms with E-state index in [0.29, 0.717) is 22.0 Å². The number of hydrogen-bond donors (Lipinski definition) is 1. The number of halogens is 2. The maximum Gasteiger partial charge on any atom is 0.280 e. The first-order valence-corrected chi connectivity index (χ1v) is 8.18. The van der Waals surface area contributed by atoms with Crippen LogP contribution in [0.3, 0.4) is 0 Å². The fourth-order valence-corrected chi connectivity index (χ4v) is 2.62. The van der Waals surface area contributed by atoms with Gasteiger partial charge >= 0.3 is 0 Å². The minimum absolute atomic E-state index is 0.133. The summed E-state index contributed by atoms with van der Waals surface area (Å²) in [7, 11) is 0. The van der Waals surface area contributed by atoms with Crippen LogP contribution in [-0.2, 0) is 0 Å². The van der Waals surface area contributed by atoms with Crippen LogP contribution in [0, 0.1) is 17.0 Å². The molecule has 1 N–H and O–H groups in total. The molecule has 0 aliphatic rings. The average molecular weight is 391 g/mol. The number of aromatic amines is 1. The Balaban J connectivity index is 2.00. The number of benzene rings is 2. The Morgan fingerprint density at radius 2 is 1.88 bits per heavy atom. The summed E-state index contributed by atoms with van der Waals surface area (Å²) in [5.74, 6) is 0. The number of non-ortho nitro benzene ring substituents is 1. The molecule has 2 aromatic carbocycles. The van der Waals surface area contributed by atoms with Crippen molar-refractivity contribution in [2.75, 3.05) is 0 Å². The molecular formula is C17H12Cl2N4O3. The molecule has 1 aromatic heterocycles. The third kappa shape index (κ3) is 3.54. The van der Waals surface area contributed by atoms with Crippen molar-refractivity contribution in [2.24, 2.45) is 4.99 Å². The summed E-state index contributed by atoms with van der Waals surface area (Å²) in [5, 5.41) is 14.6. The molecule has 9 heteroatoms. The van der Waals surface area contributed by atoms with E-state index in [1.165, 1.54) is 29.1 Å². The van der Waals surface area contributed by atoms with Crippen molar-refractivity contribution in [2.45, 2.75) is 6.92 Å². The van der Waals surface area contributed by atoms with E-state index in [0.717, 1.165) is 0 Å². The average Bonchev–Trinajstić information content (AvgIpc) is 2.89. The molecule has 0 radical (unpaired) electrons. The Morgan fingerprint density at radius 3 is 2.54 bits per heavy atom. The van der Waals surface area contributed by atoms with Crippen LogP contribution in [0.2, 0.25) is 10.0 Å². The molecule has 3 aromatic rings. The van der Waals surface area contributed by atoms with Crippen LogP contribution >= 0.6 is 23.2 Å². The Hall–Kier alpha value is -2.90. The van der Waals surface area contributed by atoms with E-state index >= 15 is 0 Å². The van der Waals surface area contributed by atoms with Crippen LogP contribution in [0.4, 0.5) is 11.4 Å². The van der Waals surface area contributed by atoms with Gasteiger partial charge in [0.15, 0.2) is 0 Å². The summed E-state index contributed by atoms with van der Waals surface area (Å²) in [6.45, 7) is 1.73. The SMILES string of the molecule is Cc1[nH]n(-c2ccc(Cl)cc2)c(=O)c1C=Nc1cc([N+](=O)[O-])ccc1Cl. The van der Waals surface area contributed by atoms with E-state index in [4.69, 9.17) is 23.2 Å². The van der Waals surface area contributed by atoms with Gasteiger partial charge in [-0.25, -0.2) is 4.68 Å². The van der Waals surface area contributed by atoms with Crippen molar-refractivity contribution in [3.05, 3.63) is 84.2 Å². The second-order valence-corrected chi connectivity index (χ2v) is 6.26. The lowest BCUT2D eigenvalue weighted by atomic mass is 10.2. The largest absolute Gasteiger partial charge is 0.295 e. The van der Waals surface area contributed by atoms with Gasteiger partial charge in [0.1, 0.15) is 0 Å². The number of aryl methyl sites for hydroxylation is 1. The molecule has 0 saturated carbocycles. The Kier molecular flexibility index (Phi) is 4.92. The highest BCUT2D eigenvalue weighted by Crippen LogP contribution is 2.29. The number of nitro benzene ring substituents is 1. The lowest BCUT2D eigenvalue weighted by molar-refractivity contribution is -0.384. The number of nitrogens with one attached hydrogen (secondary N) is 1. The molecule has 0 unspecified atom stereocenters. The van der Waals surface area contributed by atoms with Crippen molar-refractivity contribution >= 4 is 40.8 Å². The Bertz CT molecular complexity index is 1070. The molecule has 0 saturated heterocycles. The minimum atomic E-state index is -0.537. The number of nitrogens with zero attached hydrogens (tertiary/aromatic N) is 3. The molecule has 0 aliphatic heterocycles. The van der Waals surface area contributed by atoms with Crippen molar-refractivity contribution in [1.29, 1.82) is 0 Å². The molecule has 7 nitrogen and oxygen atoms in total. The van der Waals surface area contributed by atoms with Gasteiger partial charge in [0.2, 0.25) is 0 Å². The summed E-state index contributed by atoms with van der Waals surface area (Å²) in [4.78, 5) is 27.1. The number of rotatable bonds is 4. The number of H-pyrrole nitrogens is 1. The Labute approximate surface area is 157 Å². The molecule has 0 atom stereocenters. The van der Waals surface area contributed by atoms with Crippen LogP contribution in [0.15, 0.2) is 52.3 Å². The lowest BCUT2D eigenvalue weighted by Crippen LogP contribution is -2.17. The van der Waals surface area contributed by atoms with Crippen LogP contribution in [0.25, 0.3) is 5.69 Å². The molecular weight excluding hydrogens is 379 g/mol. The van der Waals surface area contributed by atoms with E-state index in [9.17, 15) is 14.9 Å². The minimum Gasteiger partial charge on any atom is -0.295 e. The topological polar surface area (TPSA) is 93.3 Å². The molecule has 132 valence electrons. The molecule has 26 heavy (non-hydrogen) atoms. The van der Waals surface area contributed by atoms with Crippen LogP contribution in [-0.4, -0.2) is 20.9 Å². The van der Waals surface area contributed by atoms with Gasteiger partial charge < -0.3 is 0 Å². The second kappa shape index (κ2) is 7.15. The summed E-state index contributed by atoms with van der Waals surface area (Å²) < 4.78 is 1.36. The molecule has 0 fully saturated rings. The summed E-state index contributed by atoms with van der Waals surface area (Å²) in [6.07, 6.45) is 1.34. The van der Waals surface area contributed by atoms with Gasteiger partial charge in [0.05, 0.1) is 26.9 Å². The maximum absolute atomic E-state index is 12.6. The van der Waals surface area contributed by atoms with Gasteiger partial charge in [-0.1, -0.05) is 23.2 Å². The first kappa shape index (κ1) is 17.9. The van der Waals surface area contributed by atoms with Crippen molar-refractivity contribution in [3.8, 4) is 5.69 Å². The molecule has 0 amide bonds. The fraction of sp³-hybridized carbons (Fsp3) is 0.0588. The first-order valence-electron chi connectivity index (χ1n) is 7.42. The highest BCUT2D eigenvalue weighted by atomic mass is 35.5. The standard InChI is InChI=1S/C17H12Cl2N4O3/c1-10-14(9-20-16-8-13(23(25)26)6-7-15(16)19)17(24)22(21-10)12-4-2-11(18)3-5-12/h2-9,21H,1H3. The van der Waals surface area contributed by atoms with E-state index in [2.05, 4.69) is 10.1 Å². The quantitative estimate of drug-likeness (QED) is 0.405. The van der Waals surface area contributed by atoms with Crippen molar-refractivity contribution in [3.63, 3.8) is 0 Å². The summed E-state index contributed by atoms with van der Waals surface area (Å²) >= 11 is 11.9. The van der Waals surface area contributed by atoms with Gasteiger partial charge in [-0.3, -0.25) is 25.0 Å². The van der Waals surface area contributed by atoms with Crippen LogP contribution in [0.1, 0.15) is 11.3 Å². The molecule has 3 rings (SSSR count). The summed E-state index contributed by atoms with van der Waals surface area (Å²) in [5.41, 5.74) is 1.30. The molecule has 1 heterocycles. The highest BCUT2D eigenvalue weighted by molar-refractivity contribution is 6.33. The van der Waals surface area contributed by atoms with Gasteiger partial charge in [-0.15, -0.1) is 0 Å². The predicted octanol–water partition coefficient (Wildman–Crippen LogP) is 4.44. The lowest BCUT2D eigenvalue weighted by Gasteiger charge is -2.00. The van der Waals surface area contributed by atoms with E-state index in [1.807, 2.05) is 0 Å². The van der Waals surface area contributed by atoms with E-state index in [1.54, 1.807) is 31.2 Å². The van der Waals surface area contributed by atoms with Crippen molar-refractivity contribution < 1.29 is 4.92 Å². The third-order valence-corrected chi connectivity index (χ3v) is 4.25. The van der Waals surface area contributed by atoms with E-state index in [-0.39, 0.29) is 22.0 Å². The third-order valence-electron chi connectivity index (χ3n) is 3.68. The molecule has 0 spiro atoms. The van der Waals surface area contributed by atoms with Gasteiger partial charge in [0.25, 0.3) is 11.2 Å². The zero-order valence-corrected chi connectivity index (χ0v) is 15.0. The summed E-state index contributed by atoms with van der Waals surface area (Å²) in [6, 6.07) is 10.7. The van der Waals surface area contributed by atoms with Crippen molar-refractivity contribution in [1.82, 2.24) is 9.78 Å². The number of aliphatic imine (C=N–C) groups is 1. The zero-order valence-electron chi connectivity index (χ0n) is 13.4. The normalized spacial score (nSPS) is 11.2. The van der Waals surface area contributed by atoms with Crippen LogP contribution in [0.5, 0.6) is 0 Å². The number of hydrogen-bond acceptors (Lipinski definition) is 4. The Morgan fingerprint density at radius 1 is 1.19 bits per heavy atom. The number of nitro groups is 1. The van der Waals surface area contributed by atoms with Crippen LogP contribution < -0.4 is 5.56 Å². The smallest absolute Gasteiger partial charge is 0.280 e. The van der Waals surface area contributed by atoms with Gasteiger partial charge in [-0.05, 0) is 37.3 Å². The molecule has 0 aliphatic carbocycles. The second-order valence-electron chi connectivity index (χ2n) is 5.42.